The molecule has 0 saturated carbocycles. The second kappa shape index (κ2) is 10.5. The summed E-state index contributed by atoms with van der Waals surface area (Å²) in [6, 6.07) is -1.35. The molecule has 1 fully saturated rings. The Morgan fingerprint density at radius 2 is 1.92 bits per heavy atom. The van der Waals surface area contributed by atoms with E-state index in [1.165, 1.54) is 6.92 Å². The number of carbonyl (C=O) groups is 3. The minimum absolute atomic E-state index is 0.0220. The van der Waals surface area contributed by atoms with Gasteiger partial charge in [0.05, 0.1) is 35.8 Å². The Bertz CT molecular complexity index is 1130. The highest BCUT2D eigenvalue weighted by Crippen LogP contribution is 2.32. The van der Waals surface area contributed by atoms with Crippen LogP contribution in [0.1, 0.15) is 43.5 Å². The first kappa shape index (κ1) is 26.9. The lowest BCUT2D eigenvalue weighted by Crippen LogP contribution is -2.47. The zero-order valence-corrected chi connectivity index (χ0v) is 18.4. The van der Waals surface area contributed by atoms with E-state index in [9.17, 15) is 45.1 Å². The summed E-state index contributed by atoms with van der Waals surface area (Å²) >= 11 is 0. The predicted molar refractivity (Wildman–Crippen MR) is 107 cm³/mol. The number of carbonyl (C=O) groups excluding carboxylic acids is 3. The minimum atomic E-state index is -4.70. The summed E-state index contributed by atoms with van der Waals surface area (Å²) in [7, 11) is 0. The van der Waals surface area contributed by atoms with Crippen molar-refractivity contribution in [2.75, 3.05) is 11.9 Å². The van der Waals surface area contributed by atoms with Crippen LogP contribution >= 0.6 is 0 Å². The molecule has 3 atom stereocenters. The van der Waals surface area contributed by atoms with Gasteiger partial charge in [-0.05, 0) is 25.5 Å². The van der Waals surface area contributed by atoms with Crippen LogP contribution in [0, 0.1) is 17.6 Å². The van der Waals surface area contributed by atoms with Crippen LogP contribution in [0.15, 0.2) is 18.3 Å². The molecule has 3 N–H and O–H groups in total. The second-order valence-corrected chi connectivity index (χ2v) is 7.99. The number of likely N-dealkylation sites (tertiary alicyclic amines) is 1. The average Bonchev–Trinajstić information content (AvgIpc) is 3.43. The summed E-state index contributed by atoms with van der Waals surface area (Å²) < 4.78 is 92.3. The Labute approximate surface area is 198 Å². The van der Waals surface area contributed by atoms with Crippen molar-refractivity contribution in [2.45, 2.75) is 44.5 Å². The number of halogens is 7. The highest BCUT2D eigenvalue weighted by atomic mass is 19.4. The Morgan fingerprint density at radius 1 is 1.22 bits per heavy atom. The number of H-pyrrole nitrogens is 1. The van der Waals surface area contributed by atoms with Crippen LogP contribution in [-0.4, -0.2) is 56.8 Å². The van der Waals surface area contributed by atoms with Gasteiger partial charge in [0.15, 0.2) is 5.82 Å². The van der Waals surface area contributed by atoms with Gasteiger partial charge in [0.1, 0.15) is 11.5 Å². The van der Waals surface area contributed by atoms with Crippen molar-refractivity contribution in [3.63, 3.8) is 0 Å². The minimum Gasteiger partial charge on any atom is -0.339 e. The zero-order valence-electron chi connectivity index (χ0n) is 18.4. The molecule has 0 bridgehead atoms. The third-order valence-electron chi connectivity index (χ3n) is 5.68. The first-order valence-corrected chi connectivity index (χ1v) is 10.4. The largest absolute Gasteiger partial charge is 0.391 e. The lowest BCUT2D eigenvalue weighted by atomic mass is 10.0. The van der Waals surface area contributed by atoms with Gasteiger partial charge in [-0.1, -0.05) is 0 Å². The summed E-state index contributed by atoms with van der Waals surface area (Å²) in [6.07, 6.45) is -8.77. The number of anilines is 1. The molecule has 1 aliphatic heterocycles. The van der Waals surface area contributed by atoms with E-state index < -0.39 is 77.6 Å². The van der Waals surface area contributed by atoms with E-state index in [1.807, 2.05) is 5.32 Å². The maximum Gasteiger partial charge on any atom is 0.391 e. The van der Waals surface area contributed by atoms with Crippen LogP contribution in [0.25, 0.3) is 0 Å². The number of nitrogens with one attached hydrogen (secondary N) is 3. The molecular formula is C20H19F7N6O3. The maximum atomic E-state index is 14.3. The van der Waals surface area contributed by atoms with E-state index in [2.05, 4.69) is 20.7 Å². The molecule has 1 saturated heterocycles. The summed E-state index contributed by atoms with van der Waals surface area (Å²) in [5, 5.41) is 13.0. The van der Waals surface area contributed by atoms with Gasteiger partial charge >= 0.3 is 18.0 Å². The van der Waals surface area contributed by atoms with Gasteiger partial charge in [0, 0.05) is 12.6 Å². The molecule has 1 aromatic heterocycles. The number of amides is 3. The molecule has 0 radical (unpaired) electrons. The van der Waals surface area contributed by atoms with Crippen LogP contribution < -0.4 is 10.6 Å². The summed E-state index contributed by atoms with van der Waals surface area (Å²) in [5.74, 6) is -7.66. The van der Waals surface area contributed by atoms with E-state index in [4.69, 9.17) is 0 Å². The molecule has 2 heterocycles. The van der Waals surface area contributed by atoms with Gasteiger partial charge in [0.25, 0.3) is 6.43 Å². The fourth-order valence-electron chi connectivity index (χ4n) is 3.86. The number of nitrogens with zero attached hydrogens (tertiary/aromatic N) is 3. The highest BCUT2D eigenvalue weighted by Gasteiger charge is 2.42. The molecule has 0 spiro atoms. The summed E-state index contributed by atoms with van der Waals surface area (Å²) in [5.41, 5.74) is -2.47. The predicted octanol–water partition coefficient (Wildman–Crippen LogP) is 3.01. The Morgan fingerprint density at radius 3 is 2.50 bits per heavy atom. The van der Waals surface area contributed by atoms with Crippen LogP contribution in [0.5, 0.6) is 0 Å². The molecule has 3 amide bonds. The fraction of sp³-hybridized carbons (Fsp3) is 0.450. The molecule has 36 heavy (non-hydrogen) atoms. The average molecular weight is 524 g/mol. The number of aromatic amines is 1. The molecular weight excluding hydrogens is 505 g/mol. The highest BCUT2D eigenvalue weighted by molar-refractivity contribution is 6.35. The monoisotopic (exact) mass is 524 g/mol. The number of hydrogen-bond donors (Lipinski definition) is 3. The van der Waals surface area contributed by atoms with E-state index >= 15 is 0 Å². The summed E-state index contributed by atoms with van der Waals surface area (Å²) in [6.45, 7) is 1.23. The smallest absolute Gasteiger partial charge is 0.339 e. The van der Waals surface area contributed by atoms with Crippen molar-refractivity contribution in [2.24, 2.45) is 5.92 Å². The molecule has 1 aliphatic rings. The van der Waals surface area contributed by atoms with Gasteiger partial charge in [-0.2, -0.15) is 28.6 Å². The van der Waals surface area contributed by atoms with Crippen molar-refractivity contribution in [3.8, 4) is 0 Å². The lowest BCUT2D eigenvalue weighted by Gasteiger charge is -2.25. The molecule has 1 unspecified atom stereocenters. The van der Waals surface area contributed by atoms with Gasteiger partial charge < -0.3 is 15.5 Å². The van der Waals surface area contributed by atoms with E-state index in [0.29, 0.717) is 6.07 Å². The molecule has 3 rings (SSSR count). The van der Waals surface area contributed by atoms with Crippen LogP contribution in [0.2, 0.25) is 0 Å². The van der Waals surface area contributed by atoms with E-state index in [1.54, 1.807) is 0 Å². The first-order chi connectivity index (χ1) is 16.8. The molecule has 1 aromatic carbocycles. The number of aromatic nitrogens is 3. The number of rotatable bonds is 6. The van der Waals surface area contributed by atoms with Crippen LogP contribution in [0.4, 0.5) is 36.4 Å². The Hall–Kier alpha value is -3.72. The molecule has 9 nitrogen and oxygen atoms in total. The van der Waals surface area contributed by atoms with Crippen molar-refractivity contribution in [1.29, 1.82) is 0 Å². The Balaban J connectivity index is 1.68. The topological polar surface area (TPSA) is 120 Å². The van der Waals surface area contributed by atoms with Crippen molar-refractivity contribution >= 4 is 23.4 Å². The SMILES string of the molecule is C[C@H]1[C@@H](C(=O)Nc2ccc(F)c(C(F)F)c2F)CCN1C(=O)C(=O)NC(CC(F)(F)F)c1cn[nH]n1. The zero-order chi connectivity index (χ0) is 26.8. The van der Waals surface area contributed by atoms with Gasteiger partial charge in [-0.3, -0.25) is 14.4 Å². The number of alkyl halides is 5. The van der Waals surface area contributed by atoms with Crippen molar-refractivity contribution in [1.82, 2.24) is 25.6 Å². The molecule has 0 aliphatic carbocycles. The van der Waals surface area contributed by atoms with Gasteiger partial charge in [-0.15, -0.1) is 0 Å². The van der Waals surface area contributed by atoms with Gasteiger partial charge in [-0.25, -0.2) is 17.6 Å². The van der Waals surface area contributed by atoms with Crippen molar-refractivity contribution in [3.05, 3.63) is 41.2 Å². The summed E-state index contributed by atoms with van der Waals surface area (Å²) in [4.78, 5) is 38.6. The molecule has 16 heteroatoms. The van der Waals surface area contributed by atoms with Crippen LogP contribution in [0.3, 0.4) is 0 Å². The second-order valence-electron chi connectivity index (χ2n) is 7.99. The third-order valence-corrected chi connectivity index (χ3v) is 5.68. The fourth-order valence-corrected chi connectivity index (χ4v) is 3.86. The number of benzene rings is 1. The quantitative estimate of drug-likeness (QED) is 0.397. The van der Waals surface area contributed by atoms with Crippen LogP contribution in [-0.2, 0) is 14.4 Å². The van der Waals surface area contributed by atoms with E-state index in [-0.39, 0.29) is 18.7 Å². The molecule has 2 aromatic rings. The van der Waals surface area contributed by atoms with Gasteiger partial charge in [0.2, 0.25) is 5.91 Å². The van der Waals surface area contributed by atoms with Crippen molar-refractivity contribution < 1.29 is 45.1 Å². The molecule has 196 valence electrons. The van der Waals surface area contributed by atoms with E-state index in [0.717, 1.165) is 17.2 Å². The lowest BCUT2D eigenvalue weighted by molar-refractivity contribution is -0.151. The maximum absolute atomic E-state index is 14.3. The normalized spacial score (nSPS) is 18.9. The standard InChI is InChI=1S/C20H19F7N6O3/c1-8-9(17(34)29-11-3-2-10(21)14(15(11)22)16(23)24)4-5-33(8)19(36)18(35)30-12(6-20(25,26)27)13-7-28-32-31-13/h2-3,7-9,12,16H,4-6H2,1H3,(H,29,34)(H,30,35)(H,28,31,32)/t8-,9-,12?/m0/s1. The number of hydrogen-bond acceptors (Lipinski definition) is 5. The third kappa shape index (κ3) is 5.91. The first-order valence-electron chi connectivity index (χ1n) is 10.4. The Kier molecular flexibility index (Phi) is 7.83.